The summed E-state index contributed by atoms with van der Waals surface area (Å²) >= 11 is 11.0. The summed E-state index contributed by atoms with van der Waals surface area (Å²) in [5, 5.41) is 1.96. The van der Waals surface area contributed by atoms with Gasteiger partial charge in [0, 0.05) is 17.1 Å². The highest BCUT2D eigenvalue weighted by atomic mass is 35.5. The van der Waals surface area contributed by atoms with E-state index in [0.717, 1.165) is 23.1 Å². The highest BCUT2D eigenvalue weighted by Crippen LogP contribution is 2.33. The summed E-state index contributed by atoms with van der Waals surface area (Å²) in [6.45, 7) is 3.51. The van der Waals surface area contributed by atoms with Gasteiger partial charge < -0.3 is 4.57 Å². The van der Waals surface area contributed by atoms with Crippen LogP contribution in [0.1, 0.15) is 22.5 Å². The average Bonchev–Trinajstić information content (AvgIpc) is 3.05. The number of carbonyl (C=O) groups excluding carboxylic acids is 2. The Kier molecular flexibility index (Phi) is 6.29. The van der Waals surface area contributed by atoms with Crippen molar-refractivity contribution in [3.8, 4) is 5.69 Å². The molecular weight excluding hydrogens is 506 g/mol. The van der Waals surface area contributed by atoms with Crippen LogP contribution in [0, 0.1) is 19.7 Å². The molecule has 11 heteroatoms. The minimum Gasteiger partial charge on any atom is -0.318 e. The molecule has 1 aromatic heterocycles. The van der Waals surface area contributed by atoms with Crippen LogP contribution in [0.25, 0.3) is 11.8 Å². The van der Waals surface area contributed by atoms with E-state index in [9.17, 15) is 27.2 Å². The van der Waals surface area contributed by atoms with Crippen LogP contribution in [0.15, 0.2) is 54.1 Å². The molecule has 0 atom stereocenters. The summed E-state index contributed by atoms with van der Waals surface area (Å²) in [6.07, 6.45) is -3.29. The number of rotatable bonds is 3. The molecular formula is C24H16ClF4N3O2S. The van der Waals surface area contributed by atoms with E-state index in [1.807, 2.05) is 0 Å². The minimum absolute atomic E-state index is 0.0676. The fraction of sp³-hybridized carbons (Fsp3) is 0.125. The molecule has 1 saturated heterocycles. The standard InChI is InChI=1S/C24H16ClF4N3O2S/c1-12-8-14(13(2)31(12)17-6-7-20(26)19(25)11-17)9-18-21(33)30-23(35)32(22(18)34)16-5-3-4-15(10-16)24(27,28)29/h3-11H,1-2H3,(H,30,33,35)/b18-9+. The molecule has 0 spiro atoms. The third kappa shape index (κ3) is 4.59. The maximum atomic E-state index is 13.6. The molecule has 0 unspecified atom stereocenters. The van der Waals surface area contributed by atoms with Gasteiger partial charge in [0.05, 0.1) is 16.3 Å². The number of thiocarbonyl (C=S) groups is 1. The molecule has 2 amide bonds. The van der Waals surface area contributed by atoms with Gasteiger partial charge in [-0.05, 0) is 80.2 Å². The molecule has 2 heterocycles. The zero-order chi connectivity index (χ0) is 25.7. The Morgan fingerprint density at radius 2 is 1.74 bits per heavy atom. The maximum absolute atomic E-state index is 13.6. The Labute approximate surface area is 207 Å². The van der Waals surface area contributed by atoms with Crippen molar-refractivity contribution < 1.29 is 27.2 Å². The van der Waals surface area contributed by atoms with Gasteiger partial charge in [0.25, 0.3) is 11.8 Å². The number of hydrogen-bond donors (Lipinski definition) is 1. The molecule has 3 aromatic rings. The molecule has 0 aliphatic carbocycles. The third-order valence-corrected chi connectivity index (χ3v) is 6.04. The molecule has 0 bridgehead atoms. The Hall–Kier alpha value is -3.50. The molecule has 4 rings (SSSR count). The molecule has 1 N–H and O–H groups in total. The van der Waals surface area contributed by atoms with Crippen LogP contribution >= 0.6 is 23.8 Å². The van der Waals surface area contributed by atoms with Gasteiger partial charge in [0.1, 0.15) is 11.4 Å². The number of anilines is 1. The first-order valence-corrected chi connectivity index (χ1v) is 10.9. The van der Waals surface area contributed by atoms with Crippen molar-refractivity contribution in [2.45, 2.75) is 20.0 Å². The number of benzene rings is 2. The van der Waals surface area contributed by atoms with Crippen LogP contribution in [0.3, 0.4) is 0 Å². The number of nitrogens with zero attached hydrogens (tertiary/aromatic N) is 2. The van der Waals surface area contributed by atoms with Crippen LogP contribution in [0.2, 0.25) is 5.02 Å². The summed E-state index contributed by atoms with van der Waals surface area (Å²) in [5.41, 5.74) is 0.999. The van der Waals surface area contributed by atoms with Crippen molar-refractivity contribution in [1.82, 2.24) is 9.88 Å². The first kappa shape index (κ1) is 24.6. The third-order valence-electron chi connectivity index (χ3n) is 5.46. The van der Waals surface area contributed by atoms with E-state index in [0.29, 0.717) is 22.6 Å². The van der Waals surface area contributed by atoms with Gasteiger partial charge in [-0.2, -0.15) is 13.2 Å². The Bertz CT molecular complexity index is 1430. The van der Waals surface area contributed by atoms with Crippen molar-refractivity contribution >= 4 is 52.5 Å². The predicted octanol–water partition coefficient (Wildman–Crippen LogP) is 5.74. The monoisotopic (exact) mass is 521 g/mol. The molecule has 1 fully saturated rings. The van der Waals surface area contributed by atoms with Crippen LogP contribution in [0.5, 0.6) is 0 Å². The van der Waals surface area contributed by atoms with Gasteiger partial charge in [-0.1, -0.05) is 17.7 Å². The SMILES string of the molecule is Cc1cc(/C=C2\C(=O)NC(=S)N(c3cccc(C(F)(F)F)c3)C2=O)c(C)n1-c1ccc(F)c(Cl)c1. The summed E-state index contributed by atoms with van der Waals surface area (Å²) in [7, 11) is 0. The van der Waals surface area contributed by atoms with Gasteiger partial charge in [-0.3, -0.25) is 19.8 Å². The van der Waals surface area contributed by atoms with E-state index in [-0.39, 0.29) is 21.4 Å². The highest BCUT2D eigenvalue weighted by Gasteiger charge is 2.37. The number of aryl methyl sites for hydroxylation is 1. The molecule has 0 radical (unpaired) electrons. The van der Waals surface area contributed by atoms with Gasteiger partial charge >= 0.3 is 6.18 Å². The summed E-state index contributed by atoms with van der Waals surface area (Å²) < 4.78 is 54.9. The number of amides is 2. The normalized spacial score (nSPS) is 15.7. The largest absolute Gasteiger partial charge is 0.416 e. The van der Waals surface area contributed by atoms with E-state index in [1.165, 1.54) is 30.3 Å². The van der Waals surface area contributed by atoms with Crippen LogP contribution in [0.4, 0.5) is 23.2 Å². The molecule has 0 saturated carbocycles. The second kappa shape index (κ2) is 8.94. The van der Waals surface area contributed by atoms with Gasteiger partial charge in [0.2, 0.25) is 0 Å². The summed E-state index contributed by atoms with van der Waals surface area (Å²) in [4.78, 5) is 26.7. The smallest absolute Gasteiger partial charge is 0.318 e. The van der Waals surface area contributed by atoms with Crippen LogP contribution in [-0.4, -0.2) is 21.5 Å². The van der Waals surface area contributed by atoms with Crippen molar-refractivity contribution in [3.63, 3.8) is 0 Å². The predicted molar refractivity (Wildman–Crippen MR) is 128 cm³/mol. The minimum atomic E-state index is -4.63. The van der Waals surface area contributed by atoms with Crippen molar-refractivity contribution in [2.75, 3.05) is 4.90 Å². The van der Waals surface area contributed by atoms with Crippen molar-refractivity contribution in [2.24, 2.45) is 0 Å². The lowest BCUT2D eigenvalue weighted by Crippen LogP contribution is -2.54. The average molecular weight is 522 g/mol. The lowest BCUT2D eigenvalue weighted by atomic mass is 10.1. The number of nitrogens with one attached hydrogen (secondary N) is 1. The summed E-state index contributed by atoms with van der Waals surface area (Å²) in [5.74, 6) is -2.22. The number of hydrogen-bond acceptors (Lipinski definition) is 3. The molecule has 5 nitrogen and oxygen atoms in total. The number of alkyl halides is 3. The molecule has 1 aliphatic rings. The Morgan fingerprint density at radius 1 is 1.03 bits per heavy atom. The summed E-state index contributed by atoms with van der Waals surface area (Å²) in [6, 6.07) is 10.00. The van der Waals surface area contributed by atoms with E-state index in [1.54, 1.807) is 24.5 Å². The molecule has 180 valence electrons. The van der Waals surface area contributed by atoms with E-state index < -0.39 is 29.4 Å². The second-order valence-electron chi connectivity index (χ2n) is 7.77. The zero-order valence-corrected chi connectivity index (χ0v) is 19.8. The number of carbonyl (C=O) groups is 2. The van der Waals surface area contributed by atoms with Crippen molar-refractivity contribution in [3.05, 3.63) is 87.5 Å². The van der Waals surface area contributed by atoms with E-state index >= 15 is 0 Å². The fourth-order valence-electron chi connectivity index (χ4n) is 3.82. The molecule has 35 heavy (non-hydrogen) atoms. The molecule has 2 aromatic carbocycles. The topological polar surface area (TPSA) is 54.3 Å². The maximum Gasteiger partial charge on any atom is 0.416 e. The second-order valence-corrected chi connectivity index (χ2v) is 8.56. The van der Waals surface area contributed by atoms with Gasteiger partial charge in [0.15, 0.2) is 5.11 Å². The Balaban J connectivity index is 1.76. The lowest BCUT2D eigenvalue weighted by molar-refractivity contribution is -0.137. The fourth-order valence-corrected chi connectivity index (χ4v) is 4.28. The van der Waals surface area contributed by atoms with E-state index in [2.05, 4.69) is 5.32 Å². The quantitative estimate of drug-likeness (QED) is 0.207. The first-order valence-electron chi connectivity index (χ1n) is 10.1. The molecule has 1 aliphatic heterocycles. The van der Waals surface area contributed by atoms with Crippen LogP contribution < -0.4 is 10.2 Å². The van der Waals surface area contributed by atoms with Gasteiger partial charge in [-0.15, -0.1) is 0 Å². The van der Waals surface area contributed by atoms with Gasteiger partial charge in [-0.25, -0.2) is 4.39 Å². The zero-order valence-electron chi connectivity index (χ0n) is 18.2. The number of aromatic nitrogens is 1. The highest BCUT2D eigenvalue weighted by molar-refractivity contribution is 7.80. The number of halogens is 5. The van der Waals surface area contributed by atoms with Crippen LogP contribution in [-0.2, 0) is 15.8 Å². The Morgan fingerprint density at radius 3 is 2.40 bits per heavy atom. The lowest BCUT2D eigenvalue weighted by Gasteiger charge is -2.29. The first-order chi connectivity index (χ1) is 16.4. The van der Waals surface area contributed by atoms with Crippen molar-refractivity contribution in [1.29, 1.82) is 0 Å². The van der Waals surface area contributed by atoms with E-state index in [4.69, 9.17) is 23.8 Å².